The standard InChI is InChI=1S/C4H6BrN/c1-4(5)2-3-6/h4H,2H2,1H3/t4-/m0/s1. The van der Waals surface area contributed by atoms with Crippen LogP contribution < -0.4 is 0 Å². The van der Waals surface area contributed by atoms with Crippen LogP contribution in [0.15, 0.2) is 0 Å². The summed E-state index contributed by atoms with van der Waals surface area (Å²) in [4.78, 5) is 0.350. The summed E-state index contributed by atoms with van der Waals surface area (Å²) in [6, 6.07) is 2.02. The van der Waals surface area contributed by atoms with Gasteiger partial charge in [0.25, 0.3) is 0 Å². The minimum absolute atomic E-state index is 0.350. The molecule has 1 nitrogen and oxygen atoms in total. The largest absolute Gasteiger partial charge is 0.198 e. The molecular weight excluding hydrogens is 142 g/mol. The van der Waals surface area contributed by atoms with Crippen molar-refractivity contribution in [1.82, 2.24) is 0 Å². The zero-order chi connectivity index (χ0) is 4.99. The fourth-order valence-corrected chi connectivity index (χ4v) is 0.271. The van der Waals surface area contributed by atoms with E-state index in [4.69, 9.17) is 5.26 Å². The average Bonchev–Trinajstić information content (AvgIpc) is 1.35. The van der Waals surface area contributed by atoms with Gasteiger partial charge in [-0.1, -0.05) is 22.9 Å². The van der Waals surface area contributed by atoms with Crippen molar-refractivity contribution in [2.45, 2.75) is 18.2 Å². The van der Waals surface area contributed by atoms with E-state index in [1.165, 1.54) is 0 Å². The Balaban J connectivity index is 2.88. The van der Waals surface area contributed by atoms with E-state index in [2.05, 4.69) is 15.9 Å². The Morgan fingerprint density at radius 1 is 2.00 bits per heavy atom. The third kappa shape index (κ3) is 3.97. The molecule has 0 spiro atoms. The van der Waals surface area contributed by atoms with Crippen LogP contribution in [0.25, 0.3) is 0 Å². The van der Waals surface area contributed by atoms with E-state index in [1.807, 2.05) is 13.0 Å². The van der Waals surface area contributed by atoms with Crippen LogP contribution in [0.2, 0.25) is 0 Å². The fourth-order valence-electron chi connectivity index (χ4n) is 0.126. The molecule has 34 valence electrons. The number of nitriles is 1. The number of hydrogen-bond acceptors (Lipinski definition) is 1. The van der Waals surface area contributed by atoms with Crippen LogP contribution in [0.5, 0.6) is 0 Å². The molecule has 2 heteroatoms. The van der Waals surface area contributed by atoms with Crippen molar-refractivity contribution in [3.05, 3.63) is 0 Å². The molecule has 0 rings (SSSR count). The highest BCUT2D eigenvalue weighted by atomic mass is 79.9. The first-order valence-electron chi connectivity index (χ1n) is 1.78. The maximum Gasteiger partial charge on any atom is 0.0633 e. The molecule has 0 bridgehead atoms. The van der Waals surface area contributed by atoms with E-state index in [1.54, 1.807) is 0 Å². The Hall–Kier alpha value is -0.0300. The zero-order valence-electron chi connectivity index (χ0n) is 3.61. The average molecular weight is 148 g/mol. The molecule has 0 unspecified atom stereocenters. The topological polar surface area (TPSA) is 23.8 Å². The maximum atomic E-state index is 7.96. The first-order valence-corrected chi connectivity index (χ1v) is 2.70. The van der Waals surface area contributed by atoms with Crippen molar-refractivity contribution < 1.29 is 0 Å². The van der Waals surface area contributed by atoms with Gasteiger partial charge >= 0.3 is 0 Å². The molecule has 0 aromatic heterocycles. The van der Waals surface area contributed by atoms with E-state index >= 15 is 0 Å². The van der Waals surface area contributed by atoms with Gasteiger partial charge in [0.05, 0.1) is 6.07 Å². The maximum absolute atomic E-state index is 7.96. The number of alkyl halides is 1. The van der Waals surface area contributed by atoms with E-state index in [9.17, 15) is 0 Å². The number of halogens is 1. The van der Waals surface area contributed by atoms with E-state index in [0.717, 1.165) is 0 Å². The minimum atomic E-state index is 0.350. The molecule has 0 aromatic rings. The van der Waals surface area contributed by atoms with Gasteiger partial charge in [-0.05, 0) is 0 Å². The number of nitrogens with zero attached hydrogens (tertiary/aromatic N) is 1. The van der Waals surface area contributed by atoms with E-state index in [-0.39, 0.29) is 0 Å². The summed E-state index contributed by atoms with van der Waals surface area (Å²) < 4.78 is 0. The molecule has 0 aliphatic carbocycles. The Morgan fingerprint density at radius 3 is 2.50 bits per heavy atom. The van der Waals surface area contributed by atoms with Crippen LogP contribution in [-0.2, 0) is 0 Å². The molecule has 0 saturated heterocycles. The number of rotatable bonds is 1. The van der Waals surface area contributed by atoms with Gasteiger partial charge in [-0.3, -0.25) is 0 Å². The van der Waals surface area contributed by atoms with Crippen LogP contribution in [0.4, 0.5) is 0 Å². The van der Waals surface area contributed by atoms with Crippen molar-refractivity contribution in [2.24, 2.45) is 0 Å². The van der Waals surface area contributed by atoms with Crippen molar-refractivity contribution in [3.8, 4) is 6.07 Å². The van der Waals surface area contributed by atoms with Crippen molar-refractivity contribution >= 4 is 15.9 Å². The summed E-state index contributed by atoms with van der Waals surface area (Å²) in [5, 5.41) is 7.96. The summed E-state index contributed by atoms with van der Waals surface area (Å²) >= 11 is 3.21. The zero-order valence-corrected chi connectivity index (χ0v) is 5.20. The lowest BCUT2D eigenvalue weighted by Gasteiger charge is -1.85. The lowest BCUT2D eigenvalue weighted by Crippen LogP contribution is -1.82. The molecule has 0 amide bonds. The number of hydrogen-bond donors (Lipinski definition) is 0. The molecule has 0 radical (unpaired) electrons. The second-order valence-electron chi connectivity index (χ2n) is 1.14. The lowest BCUT2D eigenvalue weighted by atomic mass is 10.4. The molecular formula is C4H6BrN. The van der Waals surface area contributed by atoms with Gasteiger partial charge in [0.15, 0.2) is 0 Å². The molecule has 0 aliphatic rings. The molecule has 0 heterocycles. The monoisotopic (exact) mass is 147 g/mol. The molecule has 0 aliphatic heterocycles. The Labute approximate surface area is 46.1 Å². The second kappa shape index (κ2) is 3.17. The Bertz CT molecular complexity index is 62.4. The third-order valence-electron chi connectivity index (χ3n) is 0.373. The molecule has 0 saturated carbocycles. The van der Waals surface area contributed by atoms with Gasteiger partial charge in [-0.15, -0.1) is 0 Å². The highest BCUT2D eigenvalue weighted by molar-refractivity contribution is 9.09. The smallest absolute Gasteiger partial charge is 0.0633 e. The predicted octanol–water partition coefficient (Wildman–Crippen LogP) is 1.68. The summed E-state index contributed by atoms with van der Waals surface area (Å²) in [7, 11) is 0. The van der Waals surface area contributed by atoms with Crippen LogP contribution in [0.3, 0.4) is 0 Å². The summed E-state index contributed by atoms with van der Waals surface area (Å²) in [6.45, 7) is 1.95. The van der Waals surface area contributed by atoms with Gasteiger partial charge in [0, 0.05) is 11.2 Å². The van der Waals surface area contributed by atoms with Gasteiger partial charge < -0.3 is 0 Å². The first-order chi connectivity index (χ1) is 2.77. The van der Waals surface area contributed by atoms with Crippen molar-refractivity contribution in [2.75, 3.05) is 0 Å². The van der Waals surface area contributed by atoms with E-state index in [0.29, 0.717) is 11.2 Å². The minimum Gasteiger partial charge on any atom is -0.198 e. The van der Waals surface area contributed by atoms with Crippen LogP contribution in [0, 0.1) is 11.3 Å². The summed E-state index contributed by atoms with van der Waals surface area (Å²) in [5.74, 6) is 0. The summed E-state index contributed by atoms with van der Waals surface area (Å²) in [5.41, 5.74) is 0. The quantitative estimate of drug-likeness (QED) is 0.519. The normalized spacial score (nSPS) is 12.8. The molecule has 0 N–H and O–H groups in total. The molecule has 1 atom stereocenters. The predicted molar refractivity (Wildman–Crippen MR) is 28.6 cm³/mol. The van der Waals surface area contributed by atoms with Gasteiger partial charge in [-0.2, -0.15) is 5.26 Å². The molecule has 0 aromatic carbocycles. The van der Waals surface area contributed by atoms with Gasteiger partial charge in [0.1, 0.15) is 0 Å². The molecule has 0 fully saturated rings. The van der Waals surface area contributed by atoms with Crippen molar-refractivity contribution in [3.63, 3.8) is 0 Å². The highest BCUT2D eigenvalue weighted by Gasteiger charge is 1.88. The van der Waals surface area contributed by atoms with Crippen LogP contribution >= 0.6 is 15.9 Å². The lowest BCUT2D eigenvalue weighted by molar-refractivity contribution is 1.01. The molecule has 6 heavy (non-hydrogen) atoms. The van der Waals surface area contributed by atoms with Crippen molar-refractivity contribution in [1.29, 1.82) is 5.26 Å². The SMILES string of the molecule is C[C@H](Br)CC#N. The highest BCUT2D eigenvalue weighted by Crippen LogP contribution is 1.99. The fraction of sp³-hybridized carbons (Fsp3) is 0.750. The first kappa shape index (κ1) is 5.97. The third-order valence-corrected chi connectivity index (χ3v) is 0.696. The van der Waals surface area contributed by atoms with Gasteiger partial charge in [-0.25, -0.2) is 0 Å². The Morgan fingerprint density at radius 2 is 2.50 bits per heavy atom. The Kier molecular flexibility index (Phi) is 3.16. The van der Waals surface area contributed by atoms with Crippen LogP contribution in [0.1, 0.15) is 13.3 Å². The van der Waals surface area contributed by atoms with Gasteiger partial charge in [0.2, 0.25) is 0 Å². The van der Waals surface area contributed by atoms with Crippen LogP contribution in [-0.4, -0.2) is 4.83 Å². The summed E-state index contributed by atoms with van der Waals surface area (Å²) in [6.07, 6.45) is 0.597. The van der Waals surface area contributed by atoms with E-state index < -0.39 is 0 Å². The second-order valence-corrected chi connectivity index (χ2v) is 2.71.